The largest absolute Gasteiger partial charge is 0.493 e. The first-order valence-electron chi connectivity index (χ1n) is 12.4. The molecule has 8 heteroatoms. The molecule has 1 saturated heterocycles. The number of piperidine rings is 1. The Kier molecular flexibility index (Phi) is 10.9. The Morgan fingerprint density at radius 2 is 1.82 bits per heavy atom. The summed E-state index contributed by atoms with van der Waals surface area (Å²) >= 11 is 3.56. The summed E-state index contributed by atoms with van der Waals surface area (Å²) in [5.74, 6) is 0.902. The lowest BCUT2D eigenvalue weighted by molar-refractivity contribution is -0.162. The van der Waals surface area contributed by atoms with E-state index >= 15 is 0 Å². The van der Waals surface area contributed by atoms with Crippen LogP contribution in [-0.4, -0.2) is 63.4 Å². The Labute approximate surface area is 215 Å². The molecule has 0 spiro atoms. The van der Waals surface area contributed by atoms with Crippen molar-refractivity contribution in [2.75, 3.05) is 33.1 Å². The van der Waals surface area contributed by atoms with Gasteiger partial charge in [-0.2, -0.15) is 0 Å². The second-order valence-electron chi connectivity index (χ2n) is 11.4. The maximum Gasteiger partial charge on any atom is 0.410 e. The molecule has 1 aromatic rings. The van der Waals surface area contributed by atoms with Gasteiger partial charge < -0.3 is 23.8 Å². The van der Waals surface area contributed by atoms with Crippen molar-refractivity contribution in [1.82, 2.24) is 4.90 Å². The van der Waals surface area contributed by atoms with E-state index in [0.29, 0.717) is 26.5 Å². The normalized spacial score (nSPS) is 16.4. The summed E-state index contributed by atoms with van der Waals surface area (Å²) in [5, 5.41) is 0. The highest BCUT2D eigenvalue weighted by Gasteiger charge is 2.38. The summed E-state index contributed by atoms with van der Waals surface area (Å²) in [6.45, 7) is 17.7. The van der Waals surface area contributed by atoms with E-state index in [0.717, 1.165) is 54.1 Å². The van der Waals surface area contributed by atoms with Crippen LogP contribution < -0.4 is 4.74 Å². The number of carbonyl (C=O) groups excluding carboxylic acids is 1. The maximum absolute atomic E-state index is 12.5. The fraction of sp³-hybridized carbons (Fsp3) is 0.731. The van der Waals surface area contributed by atoms with Gasteiger partial charge in [0, 0.05) is 37.8 Å². The van der Waals surface area contributed by atoms with E-state index in [-0.39, 0.29) is 11.7 Å². The van der Waals surface area contributed by atoms with Crippen LogP contribution in [0.3, 0.4) is 0 Å². The van der Waals surface area contributed by atoms with Crippen molar-refractivity contribution in [1.29, 1.82) is 0 Å². The first-order chi connectivity index (χ1) is 15.8. The van der Waals surface area contributed by atoms with E-state index in [1.165, 1.54) is 0 Å². The van der Waals surface area contributed by atoms with E-state index in [1.54, 1.807) is 4.90 Å². The molecule has 1 amide bonds. The standard InChI is InChI=1S/C26H44BrNO5Si/c1-21-22(27)10-8-11-23(21)31-17-9-12-26(32-20-30-18-19-34(5,6)7)13-15-28(16-14-26)24(29)33-25(2,3)4/h8,10-11H,9,12-20H2,1-7H3. The molecular weight excluding hydrogens is 514 g/mol. The molecule has 0 aliphatic carbocycles. The second-order valence-corrected chi connectivity index (χ2v) is 17.9. The van der Waals surface area contributed by atoms with Crippen LogP contribution in [-0.2, 0) is 14.2 Å². The van der Waals surface area contributed by atoms with Gasteiger partial charge in [0.15, 0.2) is 0 Å². The zero-order chi connectivity index (χ0) is 25.4. The minimum absolute atomic E-state index is 0.249. The van der Waals surface area contributed by atoms with Gasteiger partial charge in [-0.3, -0.25) is 0 Å². The molecule has 0 unspecified atom stereocenters. The van der Waals surface area contributed by atoms with Crippen LogP contribution in [0, 0.1) is 6.92 Å². The lowest BCUT2D eigenvalue weighted by Gasteiger charge is -2.41. The third kappa shape index (κ3) is 10.3. The van der Waals surface area contributed by atoms with Crippen molar-refractivity contribution in [2.24, 2.45) is 0 Å². The average molecular weight is 559 g/mol. The van der Waals surface area contributed by atoms with Crippen LogP contribution in [0.1, 0.15) is 52.0 Å². The molecule has 194 valence electrons. The Hall–Kier alpha value is -1.09. The number of amides is 1. The quantitative estimate of drug-likeness (QED) is 0.166. The average Bonchev–Trinajstić information content (AvgIpc) is 2.72. The summed E-state index contributed by atoms with van der Waals surface area (Å²) in [7, 11) is -1.13. The molecule has 34 heavy (non-hydrogen) atoms. The molecule has 0 bridgehead atoms. The predicted molar refractivity (Wildman–Crippen MR) is 143 cm³/mol. The van der Waals surface area contributed by atoms with Crippen LogP contribution >= 0.6 is 15.9 Å². The number of halogens is 1. The minimum atomic E-state index is -1.13. The molecule has 0 N–H and O–H groups in total. The van der Waals surface area contributed by atoms with E-state index in [4.69, 9.17) is 18.9 Å². The SMILES string of the molecule is Cc1c(Br)cccc1OCCCC1(OCOCC[Si](C)(C)C)CCN(C(=O)OC(C)(C)C)CC1. The van der Waals surface area contributed by atoms with Gasteiger partial charge >= 0.3 is 6.09 Å². The zero-order valence-electron chi connectivity index (χ0n) is 22.2. The van der Waals surface area contributed by atoms with Crippen LogP contribution in [0.25, 0.3) is 0 Å². The van der Waals surface area contributed by atoms with Crippen LogP contribution in [0.15, 0.2) is 22.7 Å². The summed E-state index contributed by atoms with van der Waals surface area (Å²) in [6.07, 6.45) is 3.01. The van der Waals surface area contributed by atoms with E-state index in [2.05, 4.69) is 35.6 Å². The highest BCUT2D eigenvalue weighted by atomic mass is 79.9. The lowest BCUT2D eigenvalue weighted by Crippen LogP contribution is -2.49. The number of nitrogens with zero attached hydrogens (tertiary/aromatic N) is 1. The number of benzene rings is 1. The fourth-order valence-electron chi connectivity index (χ4n) is 3.81. The summed E-state index contributed by atoms with van der Waals surface area (Å²) < 4.78 is 24.9. The highest BCUT2D eigenvalue weighted by molar-refractivity contribution is 9.10. The van der Waals surface area contributed by atoms with Gasteiger partial charge in [0.25, 0.3) is 0 Å². The molecule has 1 aromatic carbocycles. The molecule has 1 heterocycles. The van der Waals surface area contributed by atoms with E-state index in [1.807, 2.05) is 45.9 Å². The zero-order valence-corrected chi connectivity index (χ0v) is 24.8. The molecule has 1 fully saturated rings. The summed E-state index contributed by atoms with van der Waals surface area (Å²) in [4.78, 5) is 14.3. The Bertz CT molecular complexity index is 782. The topological polar surface area (TPSA) is 57.2 Å². The number of carbonyl (C=O) groups is 1. The Balaban J connectivity index is 1.90. The Morgan fingerprint density at radius 3 is 2.44 bits per heavy atom. The van der Waals surface area contributed by atoms with Crippen molar-refractivity contribution < 1.29 is 23.7 Å². The van der Waals surface area contributed by atoms with Crippen LogP contribution in [0.4, 0.5) is 4.79 Å². The molecule has 0 saturated carbocycles. The molecular formula is C26H44BrNO5Si. The van der Waals surface area contributed by atoms with Gasteiger partial charge in [0.2, 0.25) is 0 Å². The number of ether oxygens (including phenoxy) is 4. The summed E-state index contributed by atoms with van der Waals surface area (Å²) in [6, 6.07) is 7.13. The maximum atomic E-state index is 12.5. The van der Waals surface area contributed by atoms with Crippen molar-refractivity contribution in [3.63, 3.8) is 0 Å². The monoisotopic (exact) mass is 557 g/mol. The van der Waals surface area contributed by atoms with Crippen molar-refractivity contribution in [2.45, 2.75) is 90.3 Å². The van der Waals surface area contributed by atoms with E-state index < -0.39 is 13.7 Å². The molecule has 0 atom stereocenters. The van der Waals surface area contributed by atoms with Crippen molar-refractivity contribution in [3.05, 3.63) is 28.2 Å². The molecule has 1 aliphatic heterocycles. The molecule has 6 nitrogen and oxygen atoms in total. The number of hydrogen-bond donors (Lipinski definition) is 0. The molecule has 0 radical (unpaired) electrons. The van der Waals surface area contributed by atoms with E-state index in [9.17, 15) is 4.79 Å². The number of likely N-dealkylation sites (tertiary alicyclic amines) is 1. The van der Waals surface area contributed by atoms with Crippen LogP contribution in [0.5, 0.6) is 5.75 Å². The number of rotatable bonds is 11. The highest BCUT2D eigenvalue weighted by Crippen LogP contribution is 2.33. The number of hydrogen-bond acceptors (Lipinski definition) is 5. The second kappa shape index (κ2) is 12.7. The molecule has 0 aromatic heterocycles. The van der Waals surface area contributed by atoms with Gasteiger partial charge in [-0.25, -0.2) is 4.79 Å². The van der Waals surface area contributed by atoms with Crippen LogP contribution in [0.2, 0.25) is 25.7 Å². The summed E-state index contributed by atoms with van der Waals surface area (Å²) in [5.41, 5.74) is 0.302. The third-order valence-electron chi connectivity index (χ3n) is 6.02. The van der Waals surface area contributed by atoms with Crippen molar-refractivity contribution in [3.8, 4) is 5.75 Å². The van der Waals surface area contributed by atoms with Gasteiger partial charge in [-0.15, -0.1) is 0 Å². The van der Waals surface area contributed by atoms with Gasteiger partial charge in [-0.1, -0.05) is 41.6 Å². The van der Waals surface area contributed by atoms with Crippen molar-refractivity contribution >= 4 is 30.1 Å². The lowest BCUT2D eigenvalue weighted by atomic mass is 9.87. The molecule has 1 aliphatic rings. The Morgan fingerprint density at radius 1 is 1.15 bits per heavy atom. The fourth-order valence-corrected chi connectivity index (χ4v) is 4.92. The first kappa shape index (κ1) is 29.1. The van der Waals surface area contributed by atoms with Gasteiger partial charge in [0.1, 0.15) is 18.1 Å². The predicted octanol–water partition coefficient (Wildman–Crippen LogP) is 7.02. The smallest absolute Gasteiger partial charge is 0.410 e. The molecule has 2 rings (SSSR count). The van der Waals surface area contributed by atoms with Gasteiger partial charge in [0.05, 0.1) is 12.2 Å². The first-order valence-corrected chi connectivity index (χ1v) is 16.9. The minimum Gasteiger partial charge on any atom is -0.493 e. The third-order valence-corrected chi connectivity index (χ3v) is 8.59. The van der Waals surface area contributed by atoms with Gasteiger partial charge in [-0.05, 0) is 71.6 Å².